The molecule has 2 aromatic rings. The van der Waals surface area contributed by atoms with Crippen LogP contribution in [0.2, 0.25) is 5.02 Å². The number of aliphatic carboxylic acids is 1. The Hall–Kier alpha value is -2.42. The van der Waals surface area contributed by atoms with Gasteiger partial charge in [-0.3, -0.25) is 9.59 Å². The lowest BCUT2D eigenvalue weighted by atomic mass is 9.51. The Morgan fingerprint density at radius 1 is 0.892 bits per heavy atom. The Labute approximate surface area is 223 Å². The zero-order valence-electron chi connectivity index (χ0n) is 20.6. The highest BCUT2D eigenvalue weighted by Crippen LogP contribution is 2.56. The first kappa shape index (κ1) is 26.2. The summed E-state index contributed by atoms with van der Waals surface area (Å²) in [6.45, 7) is 0.336. The maximum absolute atomic E-state index is 12.9. The van der Waals surface area contributed by atoms with E-state index < -0.39 is 22.0 Å². The summed E-state index contributed by atoms with van der Waals surface area (Å²) in [6, 6.07) is 12.2. The van der Waals surface area contributed by atoms with E-state index in [4.69, 9.17) is 11.6 Å². The molecule has 4 aliphatic rings. The van der Waals surface area contributed by atoms with Gasteiger partial charge in [-0.05, 0) is 104 Å². The molecule has 0 aromatic heterocycles. The van der Waals surface area contributed by atoms with E-state index in [2.05, 4.69) is 10.0 Å². The second kappa shape index (κ2) is 10.8. The fourth-order valence-electron chi connectivity index (χ4n) is 6.95. The zero-order chi connectivity index (χ0) is 26.2. The molecule has 4 fully saturated rings. The smallest absolute Gasteiger partial charge is 0.321 e. The summed E-state index contributed by atoms with van der Waals surface area (Å²) in [5, 5.41) is 13.2. The van der Waals surface area contributed by atoms with Crippen LogP contribution < -0.4 is 10.0 Å². The van der Waals surface area contributed by atoms with Gasteiger partial charge in [0.05, 0.1) is 4.90 Å². The van der Waals surface area contributed by atoms with Crippen LogP contribution in [0.1, 0.15) is 44.9 Å². The van der Waals surface area contributed by atoms with Crippen molar-refractivity contribution in [2.45, 2.75) is 55.9 Å². The standard InChI is InChI=1S/C28H33ClN2O5S/c29-23-7-3-19(4-8-23)20-5-9-24(10-6-20)37(35,36)31-25(28(33)34)2-1-11-30-27(32)26-21-13-17-12-18(15-21)16-22(26)14-17/h3-10,17-18,21-22,25-26,31H,1-2,11-16H2,(H,30,32)(H,33,34). The molecule has 0 saturated heterocycles. The predicted molar refractivity (Wildman–Crippen MR) is 141 cm³/mol. The summed E-state index contributed by atoms with van der Waals surface area (Å²) in [4.78, 5) is 24.7. The molecule has 4 bridgehead atoms. The predicted octanol–water partition coefficient (Wildman–Crippen LogP) is 4.71. The molecule has 37 heavy (non-hydrogen) atoms. The molecule has 4 saturated carbocycles. The van der Waals surface area contributed by atoms with Crippen LogP contribution >= 0.6 is 11.6 Å². The minimum absolute atomic E-state index is 0.00773. The van der Waals surface area contributed by atoms with Crippen LogP contribution in [-0.2, 0) is 19.6 Å². The van der Waals surface area contributed by atoms with Crippen molar-refractivity contribution < 1.29 is 23.1 Å². The monoisotopic (exact) mass is 544 g/mol. The van der Waals surface area contributed by atoms with Crippen LogP contribution in [0, 0.1) is 29.6 Å². The van der Waals surface area contributed by atoms with E-state index in [1.807, 2.05) is 12.1 Å². The molecule has 198 valence electrons. The molecule has 0 spiro atoms. The molecule has 0 heterocycles. The van der Waals surface area contributed by atoms with Gasteiger partial charge < -0.3 is 10.4 Å². The highest BCUT2D eigenvalue weighted by molar-refractivity contribution is 7.89. The molecule has 7 nitrogen and oxygen atoms in total. The van der Waals surface area contributed by atoms with Gasteiger partial charge in [-0.15, -0.1) is 0 Å². The van der Waals surface area contributed by atoms with Crippen molar-refractivity contribution in [3.8, 4) is 11.1 Å². The largest absolute Gasteiger partial charge is 0.480 e. The Morgan fingerprint density at radius 2 is 1.43 bits per heavy atom. The number of benzene rings is 2. The van der Waals surface area contributed by atoms with E-state index in [1.165, 1.54) is 18.6 Å². The normalized spacial score (nSPS) is 27.1. The SMILES string of the molecule is O=C(O)C(CCCNC(=O)C1C2CC3CC(C2)CC1C3)NS(=O)(=O)c1ccc(-c2ccc(Cl)cc2)cc1. The van der Waals surface area contributed by atoms with E-state index in [-0.39, 0.29) is 23.1 Å². The lowest BCUT2D eigenvalue weighted by Crippen LogP contribution is -2.51. The van der Waals surface area contributed by atoms with Crippen molar-refractivity contribution in [2.24, 2.45) is 29.6 Å². The van der Waals surface area contributed by atoms with Crippen LogP contribution in [0.3, 0.4) is 0 Å². The Bertz CT molecular complexity index is 1220. The van der Waals surface area contributed by atoms with Crippen LogP contribution in [0.15, 0.2) is 53.4 Å². The van der Waals surface area contributed by atoms with Crippen molar-refractivity contribution in [1.82, 2.24) is 10.0 Å². The molecule has 2 aromatic carbocycles. The summed E-state index contributed by atoms with van der Waals surface area (Å²) < 4.78 is 28.0. The van der Waals surface area contributed by atoms with E-state index in [9.17, 15) is 23.1 Å². The Morgan fingerprint density at radius 3 is 1.97 bits per heavy atom. The second-order valence-electron chi connectivity index (χ2n) is 10.9. The third-order valence-corrected chi connectivity index (χ3v) is 10.2. The molecule has 1 atom stereocenters. The van der Waals surface area contributed by atoms with Gasteiger partial charge >= 0.3 is 5.97 Å². The van der Waals surface area contributed by atoms with Crippen molar-refractivity contribution in [2.75, 3.05) is 6.54 Å². The van der Waals surface area contributed by atoms with Gasteiger partial charge in [-0.2, -0.15) is 4.72 Å². The van der Waals surface area contributed by atoms with Crippen LogP contribution in [0.25, 0.3) is 11.1 Å². The minimum atomic E-state index is -4.03. The Balaban J connectivity index is 1.13. The van der Waals surface area contributed by atoms with Crippen LogP contribution in [0.5, 0.6) is 0 Å². The Kier molecular flexibility index (Phi) is 7.61. The number of carboxylic acid groups (broad SMARTS) is 1. The van der Waals surface area contributed by atoms with Gasteiger partial charge in [0.2, 0.25) is 15.9 Å². The fourth-order valence-corrected chi connectivity index (χ4v) is 8.30. The van der Waals surface area contributed by atoms with E-state index >= 15 is 0 Å². The lowest BCUT2D eigenvalue weighted by molar-refractivity contribution is -0.139. The highest BCUT2D eigenvalue weighted by atomic mass is 35.5. The third kappa shape index (κ3) is 5.86. The molecular formula is C28H33ClN2O5S. The van der Waals surface area contributed by atoms with E-state index in [0.717, 1.165) is 48.6 Å². The van der Waals surface area contributed by atoms with Crippen LogP contribution in [0.4, 0.5) is 0 Å². The number of sulfonamides is 1. The number of halogens is 1. The number of carboxylic acids is 1. The number of carbonyl (C=O) groups is 2. The molecule has 9 heteroatoms. The first-order valence-corrected chi connectivity index (χ1v) is 14.9. The molecular weight excluding hydrogens is 512 g/mol. The lowest BCUT2D eigenvalue weighted by Gasteiger charge is -2.53. The summed E-state index contributed by atoms with van der Waals surface area (Å²) in [7, 11) is -4.03. The van der Waals surface area contributed by atoms with Gasteiger partial charge in [0, 0.05) is 17.5 Å². The number of carbonyl (C=O) groups excluding carboxylic acids is 1. The maximum Gasteiger partial charge on any atom is 0.321 e. The van der Waals surface area contributed by atoms with Gasteiger partial charge in [0.15, 0.2) is 0 Å². The average molecular weight is 545 g/mol. The van der Waals surface area contributed by atoms with Crippen LogP contribution in [-0.4, -0.2) is 38.0 Å². The number of nitrogens with one attached hydrogen (secondary N) is 2. The molecule has 6 rings (SSSR count). The van der Waals surface area contributed by atoms with Crippen molar-refractivity contribution in [1.29, 1.82) is 0 Å². The number of amides is 1. The molecule has 1 amide bonds. The van der Waals surface area contributed by atoms with Gasteiger partial charge in [-0.1, -0.05) is 35.9 Å². The number of hydrogen-bond donors (Lipinski definition) is 3. The van der Waals surface area contributed by atoms with E-state index in [0.29, 0.717) is 29.8 Å². The number of rotatable bonds is 10. The van der Waals surface area contributed by atoms with Crippen molar-refractivity contribution in [3.63, 3.8) is 0 Å². The highest BCUT2D eigenvalue weighted by Gasteiger charge is 2.50. The molecule has 0 radical (unpaired) electrons. The minimum Gasteiger partial charge on any atom is -0.480 e. The molecule has 3 N–H and O–H groups in total. The van der Waals surface area contributed by atoms with E-state index in [1.54, 1.807) is 24.3 Å². The molecule has 0 aliphatic heterocycles. The van der Waals surface area contributed by atoms with Crippen molar-refractivity contribution in [3.05, 3.63) is 53.6 Å². The summed E-state index contributed by atoms with van der Waals surface area (Å²) in [6.07, 6.45) is 6.43. The molecule has 4 aliphatic carbocycles. The van der Waals surface area contributed by atoms with Crippen molar-refractivity contribution >= 4 is 33.5 Å². The second-order valence-corrected chi connectivity index (χ2v) is 13.1. The summed E-state index contributed by atoms with van der Waals surface area (Å²) in [5.41, 5.74) is 1.71. The topological polar surface area (TPSA) is 113 Å². The third-order valence-electron chi connectivity index (χ3n) is 8.44. The van der Waals surface area contributed by atoms with Gasteiger partial charge in [0.25, 0.3) is 0 Å². The zero-order valence-corrected chi connectivity index (χ0v) is 22.2. The maximum atomic E-state index is 12.9. The summed E-state index contributed by atoms with van der Waals surface area (Å²) >= 11 is 5.92. The van der Waals surface area contributed by atoms with Gasteiger partial charge in [0.1, 0.15) is 6.04 Å². The first-order chi connectivity index (χ1) is 17.7. The quantitative estimate of drug-likeness (QED) is 0.375. The first-order valence-electron chi connectivity index (χ1n) is 13.1. The molecule has 1 unspecified atom stereocenters. The fraction of sp³-hybridized carbons (Fsp3) is 0.500. The number of hydrogen-bond acceptors (Lipinski definition) is 4. The van der Waals surface area contributed by atoms with Gasteiger partial charge in [-0.25, -0.2) is 8.42 Å². The average Bonchev–Trinajstić information content (AvgIpc) is 2.85. The summed E-state index contributed by atoms with van der Waals surface area (Å²) in [5.74, 6) is 1.49.